The minimum atomic E-state index is 0.130. The van der Waals surface area contributed by atoms with E-state index in [0.717, 1.165) is 17.9 Å². The zero-order chi connectivity index (χ0) is 16.5. The topological polar surface area (TPSA) is 82.9 Å². The fourth-order valence-corrected chi connectivity index (χ4v) is 2.00. The third-order valence-electron chi connectivity index (χ3n) is 3.09. The Labute approximate surface area is 136 Å². The zero-order valence-corrected chi connectivity index (χ0v) is 13.5. The SMILES string of the molecule is CCOc1cccc(C=NCCCN=Cc2cnc(C)[nH]2)c1O. The molecule has 0 unspecified atom stereocenters. The molecule has 1 heterocycles. The molecule has 0 spiro atoms. The minimum absolute atomic E-state index is 0.130. The first-order valence-electron chi connectivity index (χ1n) is 7.66. The Hall–Kier alpha value is -2.63. The van der Waals surface area contributed by atoms with Gasteiger partial charge in [-0.1, -0.05) is 6.07 Å². The van der Waals surface area contributed by atoms with E-state index in [4.69, 9.17) is 4.74 Å². The lowest BCUT2D eigenvalue weighted by molar-refractivity contribution is 0.318. The second kappa shape index (κ2) is 8.73. The standard InChI is InChI=1S/C17H22N4O2/c1-3-23-16-7-4-6-14(17(16)22)10-18-8-5-9-19-11-15-12-20-13(2)21-15/h4,6-7,10-12,22H,3,5,8-9H2,1-2H3,(H,20,21). The fourth-order valence-electron chi connectivity index (χ4n) is 2.00. The largest absolute Gasteiger partial charge is 0.504 e. The summed E-state index contributed by atoms with van der Waals surface area (Å²) in [5.74, 6) is 1.49. The Balaban J connectivity index is 1.76. The molecule has 0 saturated heterocycles. The van der Waals surface area contributed by atoms with Crippen molar-refractivity contribution in [3.8, 4) is 11.5 Å². The molecule has 2 N–H and O–H groups in total. The van der Waals surface area contributed by atoms with Crippen LogP contribution in [0.3, 0.4) is 0 Å². The molecule has 0 fully saturated rings. The van der Waals surface area contributed by atoms with E-state index in [0.29, 0.717) is 31.0 Å². The van der Waals surface area contributed by atoms with E-state index in [1.54, 1.807) is 30.8 Å². The highest BCUT2D eigenvalue weighted by Crippen LogP contribution is 2.28. The highest BCUT2D eigenvalue weighted by atomic mass is 16.5. The van der Waals surface area contributed by atoms with Gasteiger partial charge in [0.2, 0.25) is 0 Å². The molecule has 2 aromatic rings. The molecule has 0 aliphatic heterocycles. The number of aromatic nitrogens is 2. The molecular formula is C17H22N4O2. The second-order valence-electron chi connectivity index (χ2n) is 4.98. The van der Waals surface area contributed by atoms with Crippen LogP contribution in [0, 0.1) is 6.92 Å². The van der Waals surface area contributed by atoms with Crippen LogP contribution in [-0.2, 0) is 0 Å². The summed E-state index contributed by atoms with van der Waals surface area (Å²) in [6.45, 7) is 5.65. The number of aliphatic imine (C=N–C) groups is 2. The Kier molecular flexibility index (Phi) is 6.35. The van der Waals surface area contributed by atoms with Gasteiger partial charge in [-0.05, 0) is 32.4 Å². The summed E-state index contributed by atoms with van der Waals surface area (Å²) in [6.07, 6.45) is 6.04. The van der Waals surface area contributed by atoms with Crippen LogP contribution in [0.5, 0.6) is 11.5 Å². The van der Waals surface area contributed by atoms with Crippen molar-refractivity contribution in [3.63, 3.8) is 0 Å². The molecule has 0 radical (unpaired) electrons. The summed E-state index contributed by atoms with van der Waals surface area (Å²) in [6, 6.07) is 5.38. The number of H-pyrrole nitrogens is 1. The third-order valence-corrected chi connectivity index (χ3v) is 3.09. The monoisotopic (exact) mass is 314 g/mol. The number of imidazole rings is 1. The Morgan fingerprint density at radius 2 is 2.04 bits per heavy atom. The van der Waals surface area contributed by atoms with Crippen molar-refractivity contribution in [2.45, 2.75) is 20.3 Å². The molecule has 0 aliphatic carbocycles. The molecule has 1 aromatic carbocycles. The highest BCUT2D eigenvalue weighted by molar-refractivity contribution is 5.84. The summed E-state index contributed by atoms with van der Waals surface area (Å²) in [4.78, 5) is 15.8. The number of para-hydroxylation sites is 1. The van der Waals surface area contributed by atoms with Crippen LogP contribution in [0.1, 0.15) is 30.4 Å². The summed E-state index contributed by atoms with van der Waals surface area (Å²) in [5.41, 5.74) is 1.57. The number of nitrogens with zero attached hydrogens (tertiary/aromatic N) is 3. The molecule has 0 amide bonds. The maximum atomic E-state index is 10.0. The second-order valence-corrected chi connectivity index (χ2v) is 4.98. The molecule has 1 aromatic heterocycles. The smallest absolute Gasteiger partial charge is 0.166 e. The Morgan fingerprint density at radius 1 is 1.26 bits per heavy atom. The van der Waals surface area contributed by atoms with Crippen molar-refractivity contribution < 1.29 is 9.84 Å². The van der Waals surface area contributed by atoms with E-state index in [-0.39, 0.29) is 5.75 Å². The van der Waals surface area contributed by atoms with Crippen molar-refractivity contribution in [1.29, 1.82) is 0 Å². The molecule has 6 nitrogen and oxygen atoms in total. The van der Waals surface area contributed by atoms with Gasteiger partial charge in [0.05, 0.1) is 18.5 Å². The number of nitrogens with one attached hydrogen (secondary N) is 1. The van der Waals surface area contributed by atoms with E-state index in [1.165, 1.54) is 0 Å². The average Bonchev–Trinajstić information content (AvgIpc) is 2.95. The van der Waals surface area contributed by atoms with Crippen LogP contribution in [-0.4, -0.2) is 47.2 Å². The first kappa shape index (κ1) is 16.7. The maximum Gasteiger partial charge on any atom is 0.166 e. The zero-order valence-electron chi connectivity index (χ0n) is 13.5. The molecule has 122 valence electrons. The van der Waals surface area contributed by atoms with Gasteiger partial charge in [-0.2, -0.15) is 0 Å². The fraction of sp³-hybridized carbons (Fsp3) is 0.353. The lowest BCUT2D eigenvalue weighted by Gasteiger charge is -2.06. The molecule has 0 bridgehead atoms. The van der Waals surface area contributed by atoms with Gasteiger partial charge in [-0.25, -0.2) is 4.98 Å². The van der Waals surface area contributed by atoms with Crippen LogP contribution < -0.4 is 4.74 Å². The van der Waals surface area contributed by atoms with E-state index in [1.807, 2.05) is 19.9 Å². The number of aryl methyl sites for hydroxylation is 1. The van der Waals surface area contributed by atoms with E-state index < -0.39 is 0 Å². The van der Waals surface area contributed by atoms with Gasteiger partial charge in [-0.3, -0.25) is 9.98 Å². The average molecular weight is 314 g/mol. The van der Waals surface area contributed by atoms with Crippen molar-refractivity contribution in [2.75, 3.05) is 19.7 Å². The number of phenolic OH excluding ortho intramolecular Hbond substituents is 1. The Morgan fingerprint density at radius 3 is 2.74 bits per heavy atom. The number of phenols is 1. The van der Waals surface area contributed by atoms with Crippen LogP contribution >= 0.6 is 0 Å². The normalized spacial score (nSPS) is 11.6. The maximum absolute atomic E-state index is 10.0. The van der Waals surface area contributed by atoms with E-state index >= 15 is 0 Å². The van der Waals surface area contributed by atoms with Gasteiger partial charge >= 0.3 is 0 Å². The number of aromatic amines is 1. The summed E-state index contributed by atoms with van der Waals surface area (Å²) < 4.78 is 5.34. The number of hydrogen-bond acceptors (Lipinski definition) is 5. The molecule has 23 heavy (non-hydrogen) atoms. The molecular weight excluding hydrogens is 292 g/mol. The van der Waals surface area contributed by atoms with Crippen molar-refractivity contribution in [3.05, 3.63) is 41.5 Å². The van der Waals surface area contributed by atoms with Gasteiger partial charge in [0.15, 0.2) is 11.5 Å². The minimum Gasteiger partial charge on any atom is -0.504 e. The molecule has 6 heteroatoms. The first-order valence-corrected chi connectivity index (χ1v) is 7.66. The lowest BCUT2D eigenvalue weighted by Crippen LogP contribution is -1.94. The summed E-state index contributed by atoms with van der Waals surface area (Å²) in [7, 11) is 0. The van der Waals surface area contributed by atoms with Gasteiger partial charge in [0.1, 0.15) is 5.82 Å². The molecule has 2 rings (SSSR count). The van der Waals surface area contributed by atoms with Crippen molar-refractivity contribution >= 4 is 12.4 Å². The molecule has 0 saturated carbocycles. The Bertz CT molecular complexity index is 677. The lowest BCUT2D eigenvalue weighted by atomic mass is 10.2. The van der Waals surface area contributed by atoms with Crippen LogP contribution in [0.25, 0.3) is 0 Å². The third kappa shape index (κ3) is 5.25. The van der Waals surface area contributed by atoms with Crippen LogP contribution in [0.2, 0.25) is 0 Å². The number of rotatable bonds is 8. The number of hydrogen-bond donors (Lipinski definition) is 2. The predicted octanol–water partition coefficient (Wildman–Crippen LogP) is 2.75. The van der Waals surface area contributed by atoms with Gasteiger partial charge in [0.25, 0.3) is 0 Å². The first-order chi connectivity index (χ1) is 11.2. The predicted molar refractivity (Wildman–Crippen MR) is 92.1 cm³/mol. The van der Waals surface area contributed by atoms with Crippen molar-refractivity contribution in [1.82, 2.24) is 9.97 Å². The van der Waals surface area contributed by atoms with Gasteiger partial charge < -0.3 is 14.8 Å². The number of ether oxygens (including phenoxy) is 1. The molecule has 0 aliphatic rings. The highest BCUT2D eigenvalue weighted by Gasteiger charge is 2.05. The van der Waals surface area contributed by atoms with Crippen LogP contribution in [0.4, 0.5) is 0 Å². The van der Waals surface area contributed by atoms with E-state index in [2.05, 4.69) is 20.0 Å². The number of aromatic hydroxyl groups is 1. The summed E-state index contributed by atoms with van der Waals surface area (Å²) >= 11 is 0. The van der Waals surface area contributed by atoms with E-state index in [9.17, 15) is 5.11 Å². The molecule has 0 atom stereocenters. The number of benzene rings is 1. The quantitative estimate of drug-likeness (QED) is 0.580. The van der Waals surface area contributed by atoms with Gasteiger partial charge in [0, 0.05) is 31.1 Å². The van der Waals surface area contributed by atoms with Gasteiger partial charge in [-0.15, -0.1) is 0 Å². The summed E-state index contributed by atoms with van der Waals surface area (Å²) in [5, 5.41) is 10.0. The van der Waals surface area contributed by atoms with Crippen LogP contribution in [0.15, 0.2) is 34.4 Å². The van der Waals surface area contributed by atoms with Crippen molar-refractivity contribution in [2.24, 2.45) is 9.98 Å².